The number of hydrogen-bond acceptors (Lipinski definition) is 4. The van der Waals surface area contributed by atoms with Gasteiger partial charge in [0.05, 0.1) is 24.1 Å². The molecule has 0 aliphatic carbocycles. The molecule has 1 aromatic heterocycles. The number of anilines is 1. The quantitative estimate of drug-likeness (QED) is 0.846. The molecule has 0 fully saturated rings. The van der Waals surface area contributed by atoms with Crippen molar-refractivity contribution in [3.8, 4) is 5.75 Å². The Hall–Kier alpha value is -1.29. The summed E-state index contributed by atoms with van der Waals surface area (Å²) in [5.74, 6) is 0.768. The van der Waals surface area contributed by atoms with Gasteiger partial charge in [-0.3, -0.25) is 4.98 Å². The van der Waals surface area contributed by atoms with E-state index in [1.165, 1.54) is 0 Å². The molecule has 0 unspecified atom stereocenters. The van der Waals surface area contributed by atoms with Crippen LogP contribution in [0.4, 0.5) is 5.69 Å². The molecule has 4 heteroatoms. The standard InChI is InChI=1S/C14H24N2O2/c1-13(2,3)16-11-10-15-8-6-12(11)18-9-7-14(4,5)17/h6,8,10,16-17H,7,9H2,1-5H3. The Labute approximate surface area is 109 Å². The second-order valence-corrected chi connectivity index (χ2v) is 6.16. The molecule has 0 aromatic carbocycles. The van der Waals surface area contributed by atoms with Gasteiger partial charge in [-0.05, 0) is 34.6 Å². The van der Waals surface area contributed by atoms with E-state index in [-0.39, 0.29) is 5.54 Å². The van der Waals surface area contributed by atoms with Crippen LogP contribution in [0.2, 0.25) is 0 Å². The van der Waals surface area contributed by atoms with Gasteiger partial charge < -0.3 is 15.2 Å². The van der Waals surface area contributed by atoms with Crippen molar-refractivity contribution in [1.82, 2.24) is 4.98 Å². The van der Waals surface area contributed by atoms with E-state index in [1.54, 1.807) is 26.2 Å². The Bertz CT molecular complexity index is 378. The maximum Gasteiger partial charge on any atom is 0.145 e. The first-order chi connectivity index (χ1) is 8.17. The minimum Gasteiger partial charge on any atom is -0.491 e. The van der Waals surface area contributed by atoms with Crippen molar-refractivity contribution in [1.29, 1.82) is 0 Å². The predicted molar refractivity (Wildman–Crippen MR) is 74.0 cm³/mol. The molecule has 102 valence electrons. The largest absolute Gasteiger partial charge is 0.491 e. The summed E-state index contributed by atoms with van der Waals surface area (Å²) in [5, 5.41) is 13.0. The van der Waals surface area contributed by atoms with Gasteiger partial charge in [-0.1, -0.05) is 0 Å². The molecule has 0 bridgehead atoms. The zero-order valence-corrected chi connectivity index (χ0v) is 11.9. The van der Waals surface area contributed by atoms with E-state index < -0.39 is 5.60 Å². The summed E-state index contributed by atoms with van der Waals surface area (Å²) in [6.07, 6.45) is 4.04. The molecule has 0 amide bonds. The van der Waals surface area contributed by atoms with E-state index in [0.717, 1.165) is 11.4 Å². The van der Waals surface area contributed by atoms with Crippen LogP contribution in [0.3, 0.4) is 0 Å². The first-order valence-corrected chi connectivity index (χ1v) is 6.25. The maximum absolute atomic E-state index is 9.64. The van der Waals surface area contributed by atoms with E-state index in [9.17, 15) is 5.11 Å². The predicted octanol–water partition coefficient (Wildman–Crippen LogP) is 2.83. The van der Waals surface area contributed by atoms with Gasteiger partial charge in [-0.25, -0.2) is 0 Å². The number of nitrogens with one attached hydrogen (secondary N) is 1. The van der Waals surface area contributed by atoms with Crippen molar-refractivity contribution in [3.63, 3.8) is 0 Å². The Morgan fingerprint density at radius 3 is 2.50 bits per heavy atom. The lowest BCUT2D eigenvalue weighted by atomic mass is 10.1. The van der Waals surface area contributed by atoms with Gasteiger partial charge in [-0.15, -0.1) is 0 Å². The normalized spacial score (nSPS) is 12.3. The Balaban J connectivity index is 2.65. The zero-order valence-electron chi connectivity index (χ0n) is 11.9. The Morgan fingerprint density at radius 1 is 1.28 bits per heavy atom. The van der Waals surface area contributed by atoms with Crippen LogP contribution in [0.5, 0.6) is 5.75 Å². The van der Waals surface area contributed by atoms with Gasteiger partial charge in [-0.2, -0.15) is 0 Å². The molecular weight excluding hydrogens is 228 g/mol. The molecule has 1 rings (SSSR count). The van der Waals surface area contributed by atoms with Crippen molar-refractivity contribution in [2.75, 3.05) is 11.9 Å². The number of pyridine rings is 1. The first-order valence-electron chi connectivity index (χ1n) is 6.25. The highest BCUT2D eigenvalue weighted by atomic mass is 16.5. The van der Waals surface area contributed by atoms with Crippen LogP contribution in [0, 0.1) is 0 Å². The van der Waals surface area contributed by atoms with Crippen LogP contribution in [0.25, 0.3) is 0 Å². The topological polar surface area (TPSA) is 54.4 Å². The fourth-order valence-corrected chi connectivity index (χ4v) is 1.42. The molecule has 0 aliphatic heterocycles. The van der Waals surface area contributed by atoms with Crippen LogP contribution in [-0.2, 0) is 0 Å². The number of hydrogen-bond donors (Lipinski definition) is 2. The zero-order chi connectivity index (χ0) is 13.8. The fraction of sp³-hybridized carbons (Fsp3) is 0.643. The molecule has 0 saturated heterocycles. The van der Waals surface area contributed by atoms with Crippen LogP contribution >= 0.6 is 0 Å². The molecule has 0 spiro atoms. The van der Waals surface area contributed by atoms with Gasteiger partial charge in [0.25, 0.3) is 0 Å². The van der Waals surface area contributed by atoms with Crippen LogP contribution in [-0.4, -0.2) is 27.8 Å². The third kappa shape index (κ3) is 5.87. The van der Waals surface area contributed by atoms with Crippen LogP contribution < -0.4 is 10.1 Å². The monoisotopic (exact) mass is 252 g/mol. The second-order valence-electron chi connectivity index (χ2n) is 6.16. The van der Waals surface area contributed by atoms with Gasteiger partial charge in [0.1, 0.15) is 5.75 Å². The van der Waals surface area contributed by atoms with Gasteiger partial charge in [0.15, 0.2) is 0 Å². The van der Waals surface area contributed by atoms with Crippen molar-refractivity contribution in [2.24, 2.45) is 0 Å². The highest BCUT2D eigenvalue weighted by molar-refractivity contribution is 5.55. The smallest absolute Gasteiger partial charge is 0.145 e. The second kappa shape index (κ2) is 5.57. The molecular formula is C14H24N2O2. The maximum atomic E-state index is 9.64. The lowest BCUT2D eigenvalue weighted by Gasteiger charge is -2.24. The lowest BCUT2D eigenvalue weighted by Crippen LogP contribution is -2.27. The van der Waals surface area contributed by atoms with Crippen molar-refractivity contribution in [3.05, 3.63) is 18.5 Å². The Morgan fingerprint density at radius 2 is 1.94 bits per heavy atom. The van der Waals surface area contributed by atoms with Crippen LogP contribution in [0.15, 0.2) is 18.5 Å². The molecule has 1 aromatic rings. The summed E-state index contributed by atoms with van der Waals surface area (Å²) in [6, 6.07) is 1.83. The van der Waals surface area contributed by atoms with E-state index in [0.29, 0.717) is 13.0 Å². The van der Waals surface area contributed by atoms with Gasteiger partial charge >= 0.3 is 0 Å². The number of aromatic nitrogens is 1. The Kier molecular flexibility index (Phi) is 4.57. The summed E-state index contributed by atoms with van der Waals surface area (Å²) >= 11 is 0. The third-order valence-electron chi connectivity index (χ3n) is 2.26. The van der Waals surface area contributed by atoms with Crippen LogP contribution in [0.1, 0.15) is 41.0 Å². The number of rotatable bonds is 5. The first kappa shape index (κ1) is 14.8. The van der Waals surface area contributed by atoms with Crippen molar-refractivity contribution >= 4 is 5.69 Å². The minimum atomic E-state index is -0.704. The molecule has 0 aliphatic rings. The number of aliphatic hydroxyl groups is 1. The highest BCUT2D eigenvalue weighted by Crippen LogP contribution is 2.26. The molecule has 1 heterocycles. The van der Waals surface area contributed by atoms with E-state index >= 15 is 0 Å². The van der Waals surface area contributed by atoms with E-state index in [2.05, 4.69) is 31.1 Å². The highest BCUT2D eigenvalue weighted by Gasteiger charge is 2.15. The molecule has 0 saturated carbocycles. The molecule has 2 N–H and O–H groups in total. The molecule has 18 heavy (non-hydrogen) atoms. The summed E-state index contributed by atoms with van der Waals surface area (Å²) < 4.78 is 5.70. The SMILES string of the molecule is CC(C)(O)CCOc1ccncc1NC(C)(C)C. The van der Waals surface area contributed by atoms with Gasteiger partial charge in [0, 0.05) is 24.2 Å². The van der Waals surface area contributed by atoms with E-state index in [1.807, 2.05) is 6.07 Å². The third-order valence-corrected chi connectivity index (χ3v) is 2.26. The average Bonchev–Trinajstić information content (AvgIpc) is 2.16. The number of nitrogens with zero attached hydrogens (tertiary/aromatic N) is 1. The van der Waals surface area contributed by atoms with Gasteiger partial charge in [0.2, 0.25) is 0 Å². The van der Waals surface area contributed by atoms with Crippen molar-refractivity contribution < 1.29 is 9.84 Å². The summed E-state index contributed by atoms with van der Waals surface area (Å²) in [4.78, 5) is 4.09. The number of ether oxygens (including phenoxy) is 1. The summed E-state index contributed by atoms with van der Waals surface area (Å²) in [5.41, 5.74) is 0.128. The molecule has 0 radical (unpaired) electrons. The molecule has 4 nitrogen and oxygen atoms in total. The average molecular weight is 252 g/mol. The van der Waals surface area contributed by atoms with Crippen molar-refractivity contribution in [2.45, 2.75) is 52.2 Å². The summed E-state index contributed by atoms with van der Waals surface area (Å²) in [7, 11) is 0. The lowest BCUT2D eigenvalue weighted by molar-refractivity contribution is 0.0554. The molecule has 0 atom stereocenters. The minimum absolute atomic E-state index is 0.0443. The van der Waals surface area contributed by atoms with E-state index in [4.69, 9.17) is 4.74 Å². The fourth-order valence-electron chi connectivity index (χ4n) is 1.42. The summed E-state index contributed by atoms with van der Waals surface area (Å²) in [6.45, 7) is 10.3.